The molecule has 0 radical (unpaired) electrons. The lowest BCUT2D eigenvalue weighted by molar-refractivity contribution is 0.0560. The Morgan fingerprint density at radius 1 is 1.04 bits per heavy atom. The quantitative estimate of drug-likeness (QED) is 0.369. The summed E-state index contributed by atoms with van der Waals surface area (Å²) in [5.74, 6) is 0.635. The van der Waals surface area contributed by atoms with Crippen LogP contribution in [-0.4, -0.2) is 22.5 Å². The van der Waals surface area contributed by atoms with Crippen LogP contribution in [0.5, 0.6) is 0 Å². The summed E-state index contributed by atoms with van der Waals surface area (Å²) in [6.45, 7) is 24.4. The number of fused-ring (bicyclic) bond motifs is 1. The Kier molecular flexibility index (Phi) is 5.76. The van der Waals surface area contributed by atoms with Crippen molar-refractivity contribution >= 4 is 16.4 Å². The highest BCUT2D eigenvalue weighted by molar-refractivity contribution is 6.83. The topological polar surface area (TPSA) is 9.23 Å². The molecule has 0 aliphatic heterocycles. The number of hydrogen-bond acceptors (Lipinski definition) is 1. The van der Waals surface area contributed by atoms with Gasteiger partial charge >= 0.3 is 0 Å². The molecular formula is C22H42OSi2. The van der Waals surface area contributed by atoms with Gasteiger partial charge in [0.05, 0.1) is 14.2 Å². The predicted octanol–water partition coefficient (Wildman–Crippen LogP) is 7.34. The molecular weight excluding hydrogens is 336 g/mol. The molecule has 0 aromatic heterocycles. The van der Waals surface area contributed by atoms with Gasteiger partial charge in [-0.15, -0.1) is 0 Å². The van der Waals surface area contributed by atoms with E-state index in [0.29, 0.717) is 12.0 Å². The van der Waals surface area contributed by atoms with E-state index in [-0.39, 0.29) is 10.5 Å². The normalized spacial score (nSPS) is 32.1. The zero-order chi connectivity index (χ0) is 19.3. The van der Waals surface area contributed by atoms with Crippen molar-refractivity contribution in [1.29, 1.82) is 0 Å². The highest BCUT2D eigenvalue weighted by atomic mass is 28.4. The average molecular weight is 379 g/mol. The van der Waals surface area contributed by atoms with Gasteiger partial charge in [-0.25, -0.2) is 0 Å². The third kappa shape index (κ3) is 4.41. The summed E-state index contributed by atoms with van der Waals surface area (Å²) in [5.41, 5.74) is 2.04. The molecule has 2 aliphatic carbocycles. The van der Waals surface area contributed by atoms with Crippen molar-refractivity contribution in [2.75, 3.05) is 0 Å². The van der Waals surface area contributed by atoms with Crippen LogP contribution in [-0.2, 0) is 4.43 Å². The van der Waals surface area contributed by atoms with Gasteiger partial charge in [-0.3, -0.25) is 0 Å². The molecule has 0 aromatic carbocycles. The van der Waals surface area contributed by atoms with Crippen molar-refractivity contribution in [3.8, 4) is 0 Å². The first-order chi connectivity index (χ1) is 11.2. The summed E-state index contributed by atoms with van der Waals surface area (Å²) in [6.07, 6.45) is 10.1. The highest BCUT2D eigenvalue weighted by Crippen LogP contribution is 2.53. The van der Waals surface area contributed by atoms with Crippen LogP contribution in [0.15, 0.2) is 22.9 Å². The lowest BCUT2D eigenvalue weighted by Gasteiger charge is -2.43. The van der Waals surface area contributed by atoms with Gasteiger partial charge in [-0.1, -0.05) is 77.2 Å². The van der Waals surface area contributed by atoms with E-state index < -0.39 is 16.4 Å². The van der Waals surface area contributed by atoms with Gasteiger partial charge in [0.15, 0.2) is 8.32 Å². The molecule has 1 fully saturated rings. The van der Waals surface area contributed by atoms with E-state index in [1.54, 1.807) is 5.57 Å². The molecule has 2 aliphatic rings. The lowest BCUT2D eigenvalue weighted by Crippen LogP contribution is -2.48. The van der Waals surface area contributed by atoms with E-state index in [9.17, 15) is 0 Å². The van der Waals surface area contributed by atoms with Gasteiger partial charge in [0.1, 0.15) is 0 Å². The number of allylic oxidation sites excluding steroid dienone is 3. The molecule has 0 amide bonds. The van der Waals surface area contributed by atoms with Crippen LogP contribution in [0.1, 0.15) is 60.3 Å². The second kappa shape index (κ2) is 6.80. The molecule has 0 saturated heterocycles. The minimum Gasteiger partial charge on any atom is -0.413 e. The van der Waals surface area contributed by atoms with Gasteiger partial charge in [-0.2, -0.15) is 0 Å². The first-order valence-corrected chi connectivity index (χ1v) is 16.6. The van der Waals surface area contributed by atoms with Crippen molar-refractivity contribution < 1.29 is 4.43 Å². The first kappa shape index (κ1) is 21.2. The van der Waals surface area contributed by atoms with Crippen molar-refractivity contribution in [2.24, 2.45) is 11.3 Å². The third-order valence-corrected chi connectivity index (χ3v) is 13.7. The summed E-state index contributed by atoms with van der Waals surface area (Å²) < 4.78 is 7.10. The van der Waals surface area contributed by atoms with Crippen molar-refractivity contribution in [1.82, 2.24) is 0 Å². The molecule has 0 heterocycles. The molecule has 144 valence electrons. The van der Waals surface area contributed by atoms with Gasteiger partial charge in [0.2, 0.25) is 0 Å². The van der Waals surface area contributed by atoms with E-state index in [0.717, 1.165) is 0 Å². The van der Waals surface area contributed by atoms with Crippen LogP contribution >= 0.6 is 0 Å². The Morgan fingerprint density at radius 2 is 1.64 bits per heavy atom. The Morgan fingerprint density at radius 3 is 2.16 bits per heavy atom. The molecule has 2 rings (SSSR count). The zero-order valence-corrected chi connectivity index (χ0v) is 20.5. The summed E-state index contributed by atoms with van der Waals surface area (Å²) in [4.78, 5) is 0. The molecule has 2 atom stereocenters. The van der Waals surface area contributed by atoms with Gasteiger partial charge in [-0.05, 0) is 49.2 Å². The first-order valence-electron chi connectivity index (χ1n) is 10.2. The second-order valence-electron chi connectivity index (χ2n) is 11.6. The minimum absolute atomic E-state index is 0.255. The van der Waals surface area contributed by atoms with Crippen LogP contribution < -0.4 is 0 Å². The third-order valence-electron chi connectivity index (χ3n) is 6.88. The van der Waals surface area contributed by atoms with E-state index >= 15 is 0 Å². The van der Waals surface area contributed by atoms with E-state index in [1.807, 2.05) is 5.20 Å². The molecule has 0 N–H and O–H groups in total. The molecule has 1 nitrogen and oxygen atoms in total. The Balaban J connectivity index is 2.47. The predicted molar refractivity (Wildman–Crippen MR) is 117 cm³/mol. The maximum Gasteiger partial charge on any atom is 0.192 e. The van der Waals surface area contributed by atoms with Crippen LogP contribution in [0.4, 0.5) is 0 Å². The van der Waals surface area contributed by atoms with Crippen molar-refractivity contribution in [3.05, 3.63) is 22.9 Å². The average Bonchev–Trinajstić information content (AvgIpc) is 2.58. The fraction of sp³-hybridized carbons (Fsp3) is 0.818. The maximum absolute atomic E-state index is 7.10. The maximum atomic E-state index is 7.10. The SMILES string of the molecule is CC1(C)C/C2=C(\[Si](C)(C)C)C/C=C\CC[C@H]2[C@H]1O[Si](C)(C)C(C)(C)C. The smallest absolute Gasteiger partial charge is 0.192 e. The number of rotatable bonds is 3. The largest absolute Gasteiger partial charge is 0.413 e. The van der Waals surface area contributed by atoms with Gasteiger partial charge in [0.25, 0.3) is 0 Å². The van der Waals surface area contributed by atoms with E-state index in [2.05, 4.69) is 79.5 Å². The molecule has 0 spiro atoms. The summed E-state index contributed by atoms with van der Waals surface area (Å²) in [7, 11) is -3.06. The van der Waals surface area contributed by atoms with Crippen LogP contribution in [0.2, 0.25) is 37.8 Å². The molecule has 3 heteroatoms. The van der Waals surface area contributed by atoms with Crippen molar-refractivity contribution in [2.45, 2.75) is 104 Å². The van der Waals surface area contributed by atoms with Crippen LogP contribution in [0, 0.1) is 11.3 Å². The summed E-state index contributed by atoms with van der Waals surface area (Å²) >= 11 is 0. The van der Waals surface area contributed by atoms with E-state index in [1.165, 1.54) is 25.7 Å². The fourth-order valence-corrected chi connectivity index (χ4v) is 7.79. The molecule has 25 heavy (non-hydrogen) atoms. The van der Waals surface area contributed by atoms with Gasteiger partial charge in [0, 0.05) is 5.92 Å². The minimum atomic E-state index is -1.76. The Hall–Kier alpha value is -0.126. The van der Waals surface area contributed by atoms with Crippen LogP contribution in [0.3, 0.4) is 0 Å². The van der Waals surface area contributed by atoms with E-state index in [4.69, 9.17) is 4.43 Å². The molecule has 0 bridgehead atoms. The second-order valence-corrected chi connectivity index (χ2v) is 21.4. The van der Waals surface area contributed by atoms with Crippen molar-refractivity contribution in [3.63, 3.8) is 0 Å². The summed E-state index contributed by atoms with van der Waals surface area (Å²) in [5, 5.41) is 2.08. The number of hydrogen-bond donors (Lipinski definition) is 0. The fourth-order valence-electron chi connectivity index (χ4n) is 4.36. The van der Waals surface area contributed by atoms with Gasteiger partial charge < -0.3 is 4.43 Å². The molecule has 0 aromatic rings. The van der Waals surface area contributed by atoms with Crippen LogP contribution in [0.25, 0.3) is 0 Å². The lowest BCUT2D eigenvalue weighted by atomic mass is 9.86. The highest BCUT2D eigenvalue weighted by Gasteiger charge is 2.51. The molecule has 0 unspecified atom stereocenters. The Labute approximate surface area is 159 Å². The summed E-state index contributed by atoms with van der Waals surface area (Å²) in [6, 6.07) is 0. The Bertz CT molecular complexity index is 556. The standard InChI is InChI=1S/C22H42OSi2/c1-21(2,3)25(9,10)23-20-17-14-12-11-13-15-19(24(6,7)8)18(17)16-22(20,4)5/h11,13,17,20H,12,14-16H2,1-10H3/b13-11-,19-18+/t17-,20-/m1/s1. The molecule has 1 saturated carbocycles. The zero-order valence-electron chi connectivity index (χ0n) is 18.5. The monoisotopic (exact) mass is 378 g/mol.